The number of ether oxygens (including phenoxy) is 12. The third kappa shape index (κ3) is 19.9. The number of hydrogen-bond acceptors (Lipinski definition) is 18. The van der Waals surface area contributed by atoms with Gasteiger partial charge in [-0.05, 0) is 45.2 Å². The van der Waals surface area contributed by atoms with E-state index in [1.165, 1.54) is 0 Å². The Labute approximate surface area is 563 Å². The molecule has 0 unspecified atom stereocenters. The van der Waals surface area contributed by atoms with Gasteiger partial charge in [0, 0.05) is 0 Å². The largest absolute Gasteiger partial charge is 0.394 e. The lowest BCUT2D eigenvalue weighted by atomic mass is 9.89. The lowest BCUT2D eigenvalue weighted by Crippen LogP contribution is -2.64. The van der Waals surface area contributed by atoms with Gasteiger partial charge >= 0.3 is 0 Å². The maximum absolute atomic E-state index is 12.2. The monoisotopic (exact) mass is 1330 g/mol. The molecule has 18 nitrogen and oxygen atoms in total. The summed E-state index contributed by atoms with van der Waals surface area (Å²) in [5.41, 5.74) is 8.68. The number of aliphatic hydroxyl groups is 6. The third-order valence-electron chi connectivity index (χ3n) is 16.8. The normalized spacial score (nSPS) is 30.5. The number of terminal acetylenes is 1. The molecule has 4 fully saturated rings. The summed E-state index contributed by atoms with van der Waals surface area (Å²) in [6.07, 6.45) is -16.4. The van der Waals surface area contributed by atoms with Crippen molar-refractivity contribution in [3.05, 3.63) is 215 Å². The highest BCUT2D eigenvalue weighted by atomic mass is 28.3. The van der Waals surface area contributed by atoms with Crippen molar-refractivity contribution in [1.29, 1.82) is 0 Å². The lowest BCUT2D eigenvalue weighted by Gasteiger charge is -2.48. The first-order valence-electron chi connectivity index (χ1n) is 32.5. The van der Waals surface area contributed by atoms with Crippen molar-refractivity contribution < 1.29 is 87.5 Å². The van der Waals surface area contributed by atoms with Crippen LogP contribution < -0.4 is 0 Å². The Kier molecular flexibility index (Phi) is 27.0. The van der Waals surface area contributed by atoms with Crippen LogP contribution in [0.1, 0.15) is 33.4 Å². The number of aliphatic hydroxyl groups excluding tert-OH is 6. The quantitative estimate of drug-likeness (QED) is 0.0245. The third-order valence-corrected chi connectivity index (χ3v) is 17.7. The first-order chi connectivity index (χ1) is 46.8. The Morgan fingerprint density at radius 1 is 0.375 bits per heavy atom. The summed E-state index contributed by atoms with van der Waals surface area (Å²) in [7, 11) is -2.00. The minimum absolute atomic E-state index is 0.0124. The van der Waals surface area contributed by atoms with Crippen molar-refractivity contribution in [3.8, 4) is 47.5 Å². The molecule has 0 saturated carbocycles. The van der Waals surface area contributed by atoms with Crippen LogP contribution in [0.5, 0.6) is 0 Å². The first kappa shape index (κ1) is 71.8. The molecule has 4 saturated heterocycles. The Bertz CT molecular complexity index is 3510. The highest BCUT2D eigenvalue weighted by Gasteiger charge is 2.54. The van der Waals surface area contributed by atoms with E-state index in [-0.39, 0.29) is 52.9 Å². The fourth-order valence-electron chi connectivity index (χ4n) is 11.8. The molecule has 20 atom stereocenters. The number of benzene rings is 6. The Morgan fingerprint density at radius 2 is 0.698 bits per heavy atom. The SMILES string of the molecule is C#C[C@H]1[C@H](O)[C@@H](O)[C@H](O[C@H]2[C@H](OCc3ccccc3)[C@@H](OCc3ccccc3)[C@H](C#CC#C[C@H]3[C@H](O)[C@@H](O)[C@H](O[C@H]4[C@H](OCc5ccccc5)[C@@H](OCc5ccccc5)[C@H](C#C[Si](C)(C)C)O[C@@H]4COCc4ccccc4)O[C@@H]3CO)O[C@@H]2COCc2ccccc2)O[C@@H]1CO. The maximum Gasteiger partial charge on any atom is 0.187 e. The summed E-state index contributed by atoms with van der Waals surface area (Å²) in [4.78, 5) is 0. The molecular formula is C77H86O18Si. The second-order valence-electron chi connectivity index (χ2n) is 25.1. The van der Waals surface area contributed by atoms with Crippen LogP contribution in [-0.4, -0.2) is 175 Å². The molecule has 0 aliphatic carbocycles. The van der Waals surface area contributed by atoms with Gasteiger partial charge in [-0.2, -0.15) is 0 Å². The molecule has 6 aromatic carbocycles. The molecule has 0 radical (unpaired) electrons. The van der Waals surface area contributed by atoms with Gasteiger partial charge in [-0.15, -0.1) is 12.0 Å². The molecule has 6 aromatic rings. The molecule has 0 bridgehead atoms. The van der Waals surface area contributed by atoms with Crippen molar-refractivity contribution in [1.82, 2.24) is 0 Å². The van der Waals surface area contributed by atoms with E-state index < -0.39 is 143 Å². The van der Waals surface area contributed by atoms with E-state index in [4.69, 9.17) is 63.3 Å². The van der Waals surface area contributed by atoms with Crippen molar-refractivity contribution in [2.24, 2.45) is 11.8 Å². The van der Waals surface area contributed by atoms with Crippen LogP contribution in [0, 0.1) is 59.3 Å². The van der Waals surface area contributed by atoms with E-state index in [0.29, 0.717) is 0 Å². The summed E-state index contributed by atoms with van der Waals surface area (Å²) in [6.45, 7) is 5.88. The van der Waals surface area contributed by atoms with E-state index in [0.717, 1.165) is 33.4 Å². The van der Waals surface area contributed by atoms with Crippen LogP contribution in [0.25, 0.3) is 0 Å². The van der Waals surface area contributed by atoms with E-state index >= 15 is 0 Å². The van der Waals surface area contributed by atoms with Crippen molar-refractivity contribution >= 4 is 8.07 Å². The summed E-state index contributed by atoms with van der Waals surface area (Å²) >= 11 is 0. The number of rotatable bonds is 26. The Morgan fingerprint density at radius 3 is 1.05 bits per heavy atom. The van der Waals surface area contributed by atoms with Crippen molar-refractivity contribution in [3.63, 3.8) is 0 Å². The zero-order chi connectivity index (χ0) is 67.2. The molecule has 0 aromatic heterocycles. The van der Waals surface area contributed by atoms with E-state index in [2.05, 4.69) is 60.7 Å². The highest BCUT2D eigenvalue weighted by Crippen LogP contribution is 2.37. The minimum atomic E-state index is -2.00. The second kappa shape index (κ2) is 36.1. The van der Waals surface area contributed by atoms with E-state index in [1.807, 2.05) is 182 Å². The standard InChI is InChI=1S/C77H86O18Si/c1-5-58-62(42-78)92-76(68(82)66(58)80)94-72-64(50-84-44-52-26-12-6-13-27-52)90-60(70(86-46-54-30-16-8-17-31-54)74(72)88-48-56-34-20-10-21-35-56)39-25-24-38-59-63(43-79)93-77(69(83)67(59)81)95-73-65(51-85-45-53-28-14-7-15-29-53)91-61(40-41-96(2,3)4)71(87-47-55-32-18-9-19-33-55)75(73)89-49-57-36-22-11-23-37-57/h1,6-23,26-37,58-83H,42-51H2,2-4H3/t58-,59-,60+,61+,62-,63-,64-,65-,66+,67+,68-,69-,70+,71+,72-,73-,74-,75-,76+,77+/m1/s1. The molecule has 4 heterocycles. The van der Waals surface area contributed by atoms with Crippen LogP contribution in [0.3, 0.4) is 0 Å². The van der Waals surface area contributed by atoms with Crippen LogP contribution in [0.2, 0.25) is 19.6 Å². The van der Waals surface area contributed by atoms with Gasteiger partial charge in [0.2, 0.25) is 0 Å². The van der Waals surface area contributed by atoms with Crippen LogP contribution >= 0.6 is 0 Å². The van der Waals surface area contributed by atoms with Gasteiger partial charge in [0.05, 0.1) is 77.9 Å². The second-order valence-corrected chi connectivity index (χ2v) is 29.9. The maximum atomic E-state index is 12.2. The molecule has 6 N–H and O–H groups in total. The molecule has 4 aliphatic heterocycles. The van der Waals surface area contributed by atoms with E-state index in [1.54, 1.807) is 0 Å². The summed E-state index contributed by atoms with van der Waals surface area (Å²) in [5, 5.41) is 68.8. The fourth-order valence-corrected chi connectivity index (χ4v) is 12.4. The van der Waals surface area contributed by atoms with Gasteiger partial charge in [0.1, 0.15) is 106 Å². The average molecular weight is 1330 g/mol. The van der Waals surface area contributed by atoms with Gasteiger partial charge in [-0.25, -0.2) is 0 Å². The zero-order valence-electron chi connectivity index (χ0n) is 54.1. The topological polar surface area (TPSA) is 232 Å². The molecular weight excluding hydrogens is 1240 g/mol. The molecule has 96 heavy (non-hydrogen) atoms. The summed E-state index contributed by atoms with van der Waals surface area (Å²) < 4.78 is 80.1. The summed E-state index contributed by atoms with van der Waals surface area (Å²) in [5.74, 6) is 15.5. The Balaban J connectivity index is 0.958. The van der Waals surface area contributed by atoms with Crippen molar-refractivity contribution in [2.45, 2.75) is 170 Å². The highest BCUT2D eigenvalue weighted by molar-refractivity contribution is 6.83. The average Bonchev–Trinajstić information content (AvgIpc) is 0.785. The molecule has 10 rings (SSSR count). The lowest BCUT2D eigenvalue weighted by molar-refractivity contribution is -0.337. The molecule has 4 aliphatic rings. The molecule has 0 amide bonds. The van der Waals surface area contributed by atoms with Gasteiger partial charge in [-0.3, -0.25) is 0 Å². The fraction of sp³-hybridized carbons (Fsp3) is 0.429. The molecule has 19 heteroatoms. The van der Waals surface area contributed by atoms with E-state index in [9.17, 15) is 30.6 Å². The van der Waals surface area contributed by atoms with Crippen LogP contribution in [0.4, 0.5) is 0 Å². The predicted octanol–water partition coefficient (Wildman–Crippen LogP) is 6.70. The predicted molar refractivity (Wildman–Crippen MR) is 357 cm³/mol. The van der Waals surface area contributed by atoms with Gasteiger partial charge in [0.25, 0.3) is 0 Å². The first-order valence-corrected chi connectivity index (χ1v) is 36.0. The minimum Gasteiger partial charge on any atom is -0.394 e. The smallest absolute Gasteiger partial charge is 0.187 e. The van der Waals surface area contributed by atoms with Gasteiger partial charge < -0.3 is 87.5 Å². The van der Waals surface area contributed by atoms with Crippen molar-refractivity contribution in [2.75, 3.05) is 26.4 Å². The van der Waals surface area contributed by atoms with Crippen LogP contribution in [0.15, 0.2) is 182 Å². The number of hydrogen-bond donors (Lipinski definition) is 6. The Hall–Kier alpha value is -6.94. The molecule has 506 valence electrons. The van der Waals surface area contributed by atoms with Gasteiger partial charge in [0.15, 0.2) is 12.6 Å². The molecule has 0 spiro atoms. The summed E-state index contributed by atoms with van der Waals surface area (Å²) in [6, 6.07) is 57.4. The zero-order valence-corrected chi connectivity index (χ0v) is 55.1. The van der Waals surface area contributed by atoms with Crippen LogP contribution in [-0.2, 0) is 96.5 Å². The van der Waals surface area contributed by atoms with Gasteiger partial charge in [-0.1, -0.05) is 225 Å².